The quantitative estimate of drug-likeness (QED) is 0.258. The molecule has 0 unspecified atom stereocenters. The van der Waals surface area contributed by atoms with Crippen LogP contribution in [0.1, 0.15) is 5.56 Å². The number of pyridine rings is 4. The van der Waals surface area contributed by atoms with Crippen molar-refractivity contribution in [2.24, 2.45) is 0 Å². The molecule has 6 rings (SSSR count). The van der Waals surface area contributed by atoms with Gasteiger partial charge in [0.15, 0.2) is 0 Å². The summed E-state index contributed by atoms with van der Waals surface area (Å²) < 4.78 is 0. The largest absolute Gasteiger partial charge is 0.255 e. The minimum Gasteiger partial charge on any atom is -0.255 e. The molecule has 0 amide bonds. The average molecular weight is 479 g/mol. The van der Waals surface area contributed by atoms with Gasteiger partial charge in [0.25, 0.3) is 0 Å². The molecule has 0 N–H and O–H groups in total. The number of hydrogen-bond donors (Lipinski definition) is 0. The average Bonchev–Trinajstić information content (AvgIpc) is 2.99. The van der Waals surface area contributed by atoms with Gasteiger partial charge in [0, 0.05) is 24.8 Å². The fourth-order valence-electron chi connectivity index (χ4n) is 3.90. The van der Waals surface area contributed by atoms with Crippen molar-refractivity contribution >= 4 is 0 Å². The van der Waals surface area contributed by atoms with Gasteiger partial charge in [0.1, 0.15) is 0 Å². The lowest BCUT2D eigenvalue weighted by Crippen LogP contribution is -1.89. The minimum atomic E-state index is 0.883. The number of aryl methyl sites for hydroxylation is 1. The topological polar surface area (TPSA) is 51.6 Å². The summed E-state index contributed by atoms with van der Waals surface area (Å²) in [5.74, 6) is 0. The van der Waals surface area contributed by atoms with Crippen LogP contribution in [0.3, 0.4) is 0 Å². The zero-order valence-corrected chi connectivity index (χ0v) is 20.6. The Bertz CT molecular complexity index is 1470. The van der Waals surface area contributed by atoms with Gasteiger partial charge >= 0.3 is 0 Å². The smallest absolute Gasteiger partial charge is 0.0892 e. The molecule has 37 heavy (non-hydrogen) atoms. The van der Waals surface area contributed by atoms with E-state index < -0.39 is 0 Å². The summed E-state index contributed by atoms with van der Waals surface area (Å²) in [5.41, 5.74) is 9.43. The molecule has 0 spiro atoms. The number of benzene rings is 2. The summed E-state index contributed by atoms with van der Waals surface area (Å²) in [7, 11) is 0. The van der Waals surface area contributed by atoms with Gasteiger partial charge in [-0.15, -0.1) is 0 Å². The molecule has 0 atom stereocenters. The number of aromatic nitrogens is 4. The second kappa shape index (κ2) is 11.6. The molecule has 0 saturated carbocycles. The van der Waals surface area contributed by atoms with E-state index in [1.54, 1.807) is 6.20 Å². The van der Waals surface area contributed by atoms with Crippen LogP contribution < -0.4 is 0 Å². The maximum absolute atomic E-state index is 4.51. The molecule has 4 aromatic heterocycles. The summed E-state index contributed by atoms with van der Waals surface area (Å²) in [6.45, 7) is 2.02. The van der Waals surface area contributed by atoms with Crippen LogP contribution in [0.15, 0.2) is 140 Å². The number of rotatable bonds is 4. The van der Waals surface area contributed by atoms with Crippen molar-refractivity contribution in [1.82, 2.24) is 19.9 Å². The molecule has 4 heteroatoms. The first-order valence-electron chi connectivity index (χ1n) is 12.1. The lowest BCUT2D eigenvalue weighted by atomic mass is 10.0. The Hall–Kier alpha value is -4.96. The Balaban J connectivity index is 0.000000182. The Kier molecular flexibility index (Phi) is 7.48. The minimum absolute atomic E-state index is 0.883. The van der Waals surface area contributed by atoms with Crippen molar-refractivity contribution < 1.29 is 0 Å². The summed E-state index contributed by atoms with van der Waals surface area (Å²) in [5, 5.41) is 0. The molecule has 4 heterocycles. The molecule has 0 radical (unpaired) electrons. The molecular formula is C33H26N4. The van der Waals surface area contributed by atoms with Crippen LogP contribution in [-0.2, 0) is 0 Å². The molecule has 0 aliphatic rings. The Morgan fingerprint density at radius 2 is 0.892 bits per heavy atom. The number of nitrogens with zero attached hydrogens (tertiary/aromatic N) is 4. The summed E-state index contributed by atoms with van der Waals surface area (Å²) in [6, 6.07) is 38.7. The van der Waals surface area contributed by atoms with E-state index in [2.05, 4.69) is 56.3 Å². The van der Waals surface area contributed by atoms with Crippen molar-refractivity contribution in [3.05, 3.63) is 146 Å². The lowest BCUT2D eigenvalue weighted by molar-refractivity contribution is 1.22. The standard InChI is InChI=1S/C22H16N2.C11H10N2/c1-3-7-17(8-4-1)19-11-13-23-21(15-19)22-16-20(12-14-24-22)18-9-5-2-6-10-18;1-9-5-6-11(13-8-9)10-4-2-3-7-12-10/h1-16H;2-8H,1H3. The molecular weight excluding hydrogens is 452 g/mol. The maximum atomic E-state index is 4.51. The Labute approximate surface area is 217 Å². The van der Waals surface area contributed by atoms with Crippen LogP contribution in [0.4, 0.5) is 0 Å². The molecule has 178 valence electrons. The predicted octanol–water partition coefficient (Wildman–Crippen LogP) is 7.93. The lowest BCUT2D eigenvalue weighted by Gasteiger charge is -2.07. The molecule has 6 aromatic rings. The predicted molar refractivity (Wildman–Crippen MR) is 151 cm³/mol. The first-order chi connectivity index (χ1) is 18.3. The number of hydrogen-bond acceptors (Lipinski definition) is 4. The van der Waals surface area contributed by atoms with Gasteiger partial charge in [-0.25, -0.2) is 0 Å². The first-order valence-corrected chi connectivity index (χ1v) is 12.1. The van der Waals surface area contributed by atoms with Gasteiger partial charge in [0.05, 0.1) is 22.8 Å². The van der Waals surface area contributed by atoms with Crippen molar-refractivity contribution in [3.63, 3.8) is 0 Å². The van der Waals surface area contributed by atoms with Crippen LogP contribution in [0.2, 0.25) is 0 Å². The van der Waals surface area contributed by atoms with E-state index in [4.69, 9.17) is 0 Å². The first kappa shape index (κ1) is 23.8. The highest BCUT2D eigenvalue weighted by molar-refractivity contribution is 5.72. The third kappa shape index (κ3) is 6.19. The van der Waals surface area contributed by atoms with Gasteiger partial charge in [-0.2, -0.15) is 0 Å². The molecule has 0 bridgehead atoms. The molecule has 0 aliphatic carbocycles. The molecule has 4 nitrogen and oxygen atoms in total. The van der Waals surface area contributed by atoms with Crippen LogP contribution in [0.25, 0.3) is 45.0 Å². The summed E-state index contributed by atoms with van der Waals surface area (Å²) in [6.07, 6.45) is 7.31. The Morgan fingerprint density at radius 3 is 1.38 bits per heavy atom. The fourth-order valence-corrected chi connectivity index (χ4v) is 3.90. The SMILES string of the molecule is Cc1ccc(-c2ccccn2)nc1.c1ccc(-c2ccnc(-c3cc(-c4ccccc4)ccn3)c2)cc1. The van der Waals surface area contributed by atoms with Crippen molar-refractivity contribution in [2.45, 2.75) is 6.92 Å². The van der Waals surface area contributed by atoms with Gasteiger partial charge in [0.2, 0.25) is 0 Å². The van der Waals surface area contributed by atoms with E-state index in [-0.39, 0.29) is 0 Å². The van der Waals surface area contributed by atoms with E-state index in [0.717, 1.165) is 33.9 Å². The third-order valence-corrected chi connectivity index (χ3v) is 5.84. The highest BCUT2D eigenvalue weighted by Crippen LogP contribution is 2.26. The van der Waals surface area contributed by atoms with Crippen LogP contribution in [0.5, 0.6) is 0 Å². The van der Waals surface area contributed by atoms with E-state index in [9.17, 15) is 0 Å². The van der Waals surface area contributed by atoms with E-state index in [1.165, 1.54) is 16.7 Å². The highest BCUT2D eigenvalue weighted by atomic mass is 14.8. The van der Waals surface area contributed by atoms with Crippen molar-refractivity contribution in [3.8, 4) is 45.0 Å². The zero-order chi connectivity index (χ0) is 25.3. The van der Waals surface area contributed by atoms with E-state index in [1.807, 2.05) is 104 Å². The zero-order valence-electron chi connectivity index (χ0n) is 20.6. The molecule has 0 aliphatic heterocycles. The highest BCUT2D eigenvalue weighted by Gasteiger charge is 2.06. The second-order valence-electron chi connectivity index (χ2n) is 8.53. The second-order valence-corrected chi connectivity index (χ2v) is 8.53. The maximum Gasteiger partial charge on any atom is 0.0892 e. The van der Waals surface area contributed by atoms with Gasteiger partial charge in [-0.1, -0.05) is 72.8 Å². The van der Waals surface area contributed by atoms with Gasteiger partial charge in [-0.05, 0) is 77.2 Å². The normalized spacial score (nSPS) is 10.3. The van der Waals surface area contributed by atoms with Gasteiger partial charge in [-0.3, -0.25) is 19.9 Å². The van der Waals surface area contributed by atoms with Crippen LogP contribution >= 0.6 is 0 Å². The third-order valence-electron chi connectivity index (χ3n) is 5.84. The van der Waals surface area contributed by atoms with E-state index in [0.29, 0.717) is 0 Å². The van der Waals surface area contributed by atoms with E-state index >= 15 is 0 Å². The van der Waals surface area contributed by atoms with Crippen LogP contribution in [0, 0.1) is 6.92 Å². The molecule has 0 saturated heterocycles. The summed E-state index contributed by atoms with van der Waals surface area (Å²) >= 11 is 0. The molecule has 0 fully saturated rings. The van der Waals surface area contributed by atoms with Crippen LogP contribution in [-0.4, -0.2) is 19.9 Å². The van der Waals surface area contributed by atoms with Crippen molar-refractivity contribution in [2.75, 3.05) is 0 Å². The molecule has 2 aromatic carbocycles. The van der Waals surface area contributed by atoms with Crippen molar-refractivity contribution in [1.29, 1.82) is 0 Å². The summed E-state index contributed by atoms with van der Waals surface area (Å²) in [4.78, 5) is 17.5. The Morgan fingerprint density at radius 1 is 0.378 bits per heavy atom. The fraction of sp³-hybridized carbons (Fsp3) is 0.0303. The van der Waals surface area contributed by atoms with Gasteiger partial charge < -0.3 is 0 Å². The monoisotopic (exact) mass is 478 g/mol.